The van der Waals surface area contributed by atoms with Crippen LogP contribution in [0.4, 0.5) is 0 Å². The summed E-state index contributed by atoms with van der Waals surface area (Å²) in [5, 5.41) is 20.8. The summed E-state index contributed by atoms with van der Waals surface area (Å²) in [6, 6.07) is 5.61. The first kappa shape index (κ1) is 16.6. The van der Waals surface area contributed by atoms with Gasteiger partial charge in [-0.3, -0.25) is 4.79 Å². The molecule has 1 atom stereocenters. The number of carbonyl (C=O) groups is 1. The Kier molecular flexibility index (Phi) is 4.92. The average Bonchev–Trinajstić information content (AvgIpc) is 3.19. The molecule has 3 rings (SSSR count). The van der Waals surface area contributed by atoms with E-state index in [1.807, 2.05) is 31.4 Å². The molecule has 2 N–H and O–H groups in total. The number of aryl methyl sites for hydroxylation is 2. The number of hydrogen-bond donors (Lipinski definition) is 2. The molecule has 3 heterocycles. The minimum atomic E-state index is -0.233. The highest BCUT2D eigenvalue weighted by Crippen LogP contribution is 2.12. The SMILES string of the molecule is Cc1cc2nc(C(=O)NC[C@H](CO)Cc3ccsc3)cc(C)n2n1. The summed E-state index contributed by atoms with van der Waals surface area (Å²) in [4.78, 5) is 16.8. The van der Waals surface area contributed by atoms with Crippen molar-refractivity contribution in [2.24, 2.45) is 5.92 Å². The summed E-state index contributed by atoms with van der Waals surface area (Å²) >= 11 is 1.63. The van der Waals surface area contributed by atoms with Crippen LogP contribution in [0.1, 0.15) is 27.4 Å². The number of carbonyl (C=O) groups excluding carboxylic acids is 1. The zero-order valence-electron chi connectivity index (χ0n) is 13.7. The van der Waals surface area contributed by atoms with Crippen LogP contribution in [0.3, 0.4) is 0 Å². The Morgan fingerprint density at radius 3 is 2.96 bits per heavy atom. The van der Waals surface area contributed by atoms with Crippen LogP contribution in [0.15, 0.2) is 29.0 Å². The van der Waals surface area contributed by atoms with Crippen LogP contribution in [0, 0.1) is 19.8 Å². The lowest BCUT2D eigenvalue weighted by atomic mass is 10.0. The third-order valence-corrected chi connectivity index (χ3v) is 4.61. The van der Waals surface area contributed by atoms with Crippen molar-refractivity contribution in [2.75, 3.05) is 13.2 Å². The molecule has 1 amide bonds. The van der Waals surface area contributed by atoms with Gasteiger partial charge < -0.3 is 10.4 Å². The van der Waals surface area contributed by atoms with E-state index < -0.39 is 0 Å². The van der Waals surface area contributed by atoms with Crippen molar-refractivity contribution < 1.29 is 9.90 Å². The van der Waals surface area contributed by atoms with Crippen molar-refractivity contribution in [1.82, 2.24) is 19.9 Å². The first-order valence-corrected chi connectivity index (χ1v) is 8.75. The summed E-state index contributed by atoms with van der Waals surface area (Å²) < 4.78 is 1.72. The summed E-state index contributed by atoms with van der Waals surface area (Å²) in [7, 11) is 0. The number of rotatable bonds is 6. The highest BCUT2D eigenvalue weighted by Gasteiger charge is 2.15. The average molecular weight is 344 g/mol. The molecular formula is C17H20N4O2S. The molecule has 0 aliphatic heterocycles. The normalized spacial score (nSPS) is 12.5. The van der Waals surface area contributed by atoms with Crippen molar-refractivity contribution >= 4 is 22.9 Å². The molecule has 3 aromatic rings. The summed E-state index contributed by atoms with van der Waals surface area (Å²) in [6.07, 6.45) is 0.744. The van der Waals surface area contributed by atoms with E-state index in [0.29, 0.717) is 17.9 Å². The molecule has 6 nitrogen and oxygen atoms in total. The van der Waals surface area contributed by atoms with Gasteiger partial charge in [-0.15, -0.1) is 0 Å². The van der Waals surface area contributed by atoms with E-state index in [0.717, 1.165) is 17.8 Å². The van der Waals surface area contributed by atoms with E-state index in [-0.39, 0.29) is 18.4 Å². The minimum absolute atomic E-state index is 0.00871. The number of thiophene rings is 1. The molecule has 0 aromatic carbocycles. The monoisotopic (exact) mass is 344 g/mol. The quantitative estimate of drug-likeness (QED) is 0.717. The first-order valence-electron chi connectivity index (χ1n) is 7.81. The molecule has 0 aliphatic carbocycles. The molecule has 0 bridgehead atoms. The molecule has 126 valence electrons. The van der Waals surface area contributed by atoms with Gasteiger partial charge >= 0.3 is 0 Å². The molecule has 0 aliphatic rings. The van der Waals surface area contributed by atoms with Gasteiger partial charge in [0, 0.05) is 30.8 Å². The van der Waals surface area contributed by atoms with E-state index >= 15 is 0 Å². The summed E-state index contributed by atoms with van der Waals surface area (Å²) in [6.45, 7) is 4.23. The van der Waals surface area contributed by atoms with Crippen molar-refractivity contribution in [3.8, 4) is 0 Å². The second kappa shape index (κ2) is 7.11. The van der Waals surface area contributed by atoms with Gasteiger partial charge in [0.1, 0.15) is 5.69 Å². The maximum Gasteiger partial charge on any atom is 0.270 e. The minimum Gasteiger partial charge on any atom is -0.396 e. The van der Waals surface area contributed by atoms with Gasteiger partial charge in [0.15, 0.2) is 5.65 Å². The van der Waals surface area contributed by atoms with Crippen LogP contribution in [-0.4, -0.2) is 38.8 Å². The largest absolute Gasteiger partial charge is 0.396 e. The van der Waals surface area contributed by atoms with Gasteiger partial charge in [-0.05, 0) is 48.7 Å². The van der Waals surface area contributed by atoms with E-state index in [1.165, 1.54) is 5.56 Å². The number of amides is 1. The molecule has 0 radical (unpaired) electrons. The molecule has 0 spiro atoms. The van der Waals surface area contributed by atoms with Gasteiger partial charge in [0.25, 0.3) is 5.91 Å². The van der Waals surface area contributed by atoms with Crippen LogP contribution in [0.25, 0.3) is 5.65 Å². The van der Waals surface area contributed by atoms with Crippen molar-refractivity contribution in [2.45, 2.75) is 20.3 Å². The second-order valence-electron chi connectivity index (χ2n) is 5.93. The van der Waals surface area contributed by atoms with E-state index in [4.69, 9.17) is 0 Å². The molecule has 0 saturated heterocycles. The molecule has 24 heavy (non-hydrogen) atoms. The van der Waals surface area contributed by atoms with Gasteiger partial charge in [0.2, 0.25) is 0 Å². The van der Waals surface area contributed by atoms with Crippen LogP contribution in [-0.2, 0) is 6.42 Å². The van der Waals surface area contributed by atoms with Crippen LogP contribution in [0.2, 0.25) is 0 Å². The molecule has 0 saturated carbocycles. The van der Waals surface area contributed by atoms with Gasteiger partial charge in [0.05, 0.1) is 5.69 Å². The zero-order valence-corrected chi connectivity index (χ0v) is 14.5. The molecule has 3 aromatic heterocycles. The number of fused-ring (bicyclic) bond motifs is 1. The Labute approximate surface area is 144 Å². The zero-order chi connectivity index (χ0) is 17.1. The fourth-order valence-electron chi connectivity index (χ4n) is 2.63. The van der Waals surface area contributed by atoms with Crippen molar-refractivity contribution in [1.29, 1.82) is 0 Å². The Balaban J connectivity index is 1.67. The number of nitrogens with one attached hydrogen (secondary N) is 1. The third kappa shape index (κ3) is 3.63. The lowest BCUT2D eigenvalue weighted by Crippen LogP contribution is -2.32. The standard InChI is InChI=1S/C17H20N4O2S/c1-11-5-16-19-15(6-12(2)21(16)20-11)17(23)18-8-14(9-22)7-13-3-4-24-10-13/h3-6,10,14,22H,7-9H2,1-2H3,(H,18,23)/t14-/m1/s1. The van der Waals surface area contributed by atoms with E-state index in [9.17, 15) is 9.90 Å². The highest BCUT2D eigenvalue weighted by atomic mass is 32.1. The molecule has 7 heteroatoms. The topological polar surface area (TPSA) is 79.5 Å². The Morgan fingerprint density at radius 1 is 1.42 bits per heavy atom. The smallest absolute Gasteiger partial charge is 0.270 e. The molecule has 0 fully saturated rings. The van der Waals surface area contributed by atoms with Crippen LogP contribution in [0.5, 0.6) is 0 Å². The Bertz CT molecular complexity index is 842. The Hall–Kier alpha value is -2.25. The number of nitrogens with zero attached hydrogens (tertiary/aromatic N) is 3. The van der Waals surface area contributed by atoms with E-state index in [2.05, 4.69) is 20.8 Å². The molecular weight excluding hydrogens is 324 g/mol. The van der Waals surface area contributed by atoms with Crippen LogP contribution < -0.4 is 5.32 Å². The fraction of sp³-hybridized carbons (Fsp3) is 0.353. The fourth-order valence-corrected chi connectivity index (χ4v) is 3.31. The van der Waals surface area contributed by atoms with Gasteiger partial charge in [-0.1, -0.05) is 0 Å². The van der Waals surface area contributed by atoms with Crippen LogP contribution >= 0.6 is 11.3 Å². The number of aliphatic hydroxyl groups excluding tert-OH is 1. The van der Waals surface area contributed by atoms with Gasteiger partial charge in [-0.2, -0.15) is 16.4 Å². The maximum atomic E-state index is 12.4. The van der Waals surface area contributed by atoms with E-state index in [1.54, 1.807) is 21.9 Å². The highest BCUT2D eigenvalue weighted by molar-refractivity contribution is 7.07. The summed E-state index contributed by atoms with van der Waals surface area (Å²) in [5.74, 6) is -0.242. The predicted molar refractivity (Wildman–Crippen MR) is 93.4 cm³/mol. The van der Waals surface area contributed by atoms with Crippen molar-refractivity contribution in [3.63, 3.8) is 0 Å². The number of hydrogen-bond acceptors (Lipinski definition) is 5. The lowest BCUT2D eigenvalue weighted by molar-refractivity contribution is 0.0935. The molecule has 0 unspecified atom stereocenters. The second-order valence-corrected chi connectivity index (χ2v) is 6.71. The maximum absolute atomic E-state index is 12.4. The van der Waals surface area contributed by atoms with Gasteiger partial charge in [-0.25, -0.2) is 9.50 Å². The lowest BCUT2D eigenvalue weighted by Gasteiger charge is -2.14. The van der Waals surface area contributed by atoms with Crippen molar-refractivity contribution in [3.05, 3.63) is 51.6 Å². The number of aromatic nitrogens is 3. The third-order valence-electron chi connectivity index (χ3n) is 3.87. The number of aliphatic hydroxyl groups is 1. The first-order chi connectivity index (χ1) is 11.6. The Morgan fingerprint density at radius 2 is 2.25 bits per heavy atom. The summed E-state index contributed by atoms with van der Waals surface area (Å²) in [5.41, 5.74) is 3.93. The predicted octanol–water partition coefficient (Wildman–Crippen LogP) is 1.99.